The largest absolute Gasteiger partial charge is 0.459 e. The van der Waals surface area contributed by atoms with Crippen molar-refractivity contribution in [3.8, 4) is 0 Å². The lowest BCUT2D eigenvalue weighted by Crippen LogP contribution is -2.52. The SMILES string of the molecule is O=C1CCC(N2Cc3cc(C4CCN(C(=O)c5ccco5)CC4)c(F)cc3C2=O)C(=O)N1. The molecule has 8 nitrogen and oxygen atoms in total. The number of nitrogens with zero attached hydrogens (tertiary/aromatic N) is 2. The van der Waals surface area contributed by atoms with Gasteiger partial charge in [-0.1, -0.05) is 6.07 Å². The van der Waals surface area contributed by atoms with Crippen molar-refractivity contribution in [2.24, 2.45) is 0 Å². The third kappa shape index (κ3) is 3.47. The Morgan fingerprint density at radius 2 is 1.91 bits per heavy atom. The number of halogens is 1. The summed E-state index contributed by atoms with van der Waals surface area (Å²) in [6, 6.07) is 5.55. The average Bonchev–Trinajstić information content (AvgIpc) is 3.42. The van der Waals surface area contributed by atoms with Crippen molar-refractivity contribution in [1.82, 2.24) is 15.1 Å². The van der Waals surface area contributed by atoms with Gasteiger partial charge in [0.1, 0.15) is 11.9 Å². The van der Waals surface area contributed by atoms with Gasteiger partial charge in [0.15, 0.2) is 5.76 Å². The molecule has 3 aliphatic heterocycles. The molecule has 1 unspecified atom stereocenters. The zero-order valence-corrected chi connectivity index (χ0v) is 17.3. The van der Waals surface area contributed by atoms with Crippen molar-refractivity contribution >= 4 is 23.6 Å². The molecule has 2 aromatic rings. The van der Waals surface area contributed by atoms with Gasteiger partial charge in [0.05, 0.1) is 6.26 Å². The number of carbonyl (C=O) groups is 4. The van der Waals surface area contributed by atoms with Gasteiger partial charge in [0.2, 0.25) is 11.8 Å². The second kappa shape index (κ2) is 7.89. The van der Waals surface area contributed by atoms with Crippen molar-refractivity contribution in [3.05, 3.63) is 58.8 Å². The molecule has 32 heavy (non-hydrogen) atoms. The molecule has 9 heteroatoms. The van der Waals surface area contributed by atoms with Gasteiger partial charge < -0.3 is 14.2 Å². The van der Waals surface area contributed by atoms with Crippen LogP contribution in [0.2, 0.25) is 0 Å². The van der Waals surface area contributed by atoms with E-state index < -0.39 is 17.8 Å². The van der Waals surface area contributed by atoms with Gasteiger partial charge >= 0.3 is 0 Å². The van der Waals surface area contributed by atoms with E-state index in [1.807, 2.05) is 0 Å². The molecule has 4 heterocycles. The fourth-order valence-electron chi connectivity index (χ4n) is 4.87. The predicted molar refractivity (Wildman–Crippen MR) is 109 cm³/mol. The maximum absolute atomic E-state index is 15.0. The molecule has 1 atom stereocenters. The normalized spacial score (nSPS) is 21.7. The lowest BCUT2D eigenvalue weighted by molar-refractivity contribution is -0.136. The number of benzene rings is 1. The lowest BCUT2D eigenvalue weighted by atomic mass is 9.87. The summed E-state index contributed by atoms with van der Waals surface area (Å²) in [4.78, 5) is 52.0. The third-order valence-corrected chi connectivity index (χ3v) is 6.59. The number of hydrogen-bond donors (Lipinski definition) is 1. The number of imide groups is 1. The van der Waals surface area contributed by atoms with Crippen LogP contribution in [0.3, 0.4) is 0 Å². The molecule has 1 aromatic heterocycles. The number of likely N-dealkylation sites (tertiary alicyclic amines) is 1. The van der Waals surface area contributed by atoms with Gasteiger partial charge in [0, 0.05) is 31.6 Å². The quantitative estimate of drug-likeness (QED) is 0.739. The maximum Gasteiger partial charge on any atom is 0.289 e. The Labute approximate surface area is 183 Å². The molecule has 3 aliphatic rings. The number of amides is 4. The predicted octanol–water partition coefficient (Wildman–Crippen LogP) is 2.20. The number of carbonyl (C=O) groups excluding carboxylic acids is 4. The van der Waals surface area contributed by atoms with Crippen LogP contribution in [-0.2, 0) is 16.1 Å². The van der Waals surface area contributed by atoms with Crippen LogP contribution in [0.5, 0.6) is 0 Å². The van der Waals surface area contributed by atoms with E-state index in [2.05, 4.69) is 5.32 Å². The number of furan rings is 1. The molecule has 2 fully saturated rings. The van der Waals surface area contributed by atoms with Crippen LogP contribution in [0.15, 0.2) is 34.9 Å². The topological polar surface area (TPSA) is 99.9 Å². The van der Waals surface area contributed by atoms with E-state index in [0.29, 0.717) is 42.8 Å². The molecule has 1 N–H and O–H groups in total. The summed E-state index contributed by atoms with van der Waals surface area (Å²) in [5.74, 6) is -1.62. The fraction of sp³-hybridized carbons (Fsp3) is 0.391. The molecule has 4 amide bonds. The Morgan fingerprint density at radius 1 is 1.12 bits per heavy atom. The van der Waals surface area contributed by atoms with E-state index in [4.69, 9.17) is 4.42 Å². The summed E-state index contributed by atoms with van der Waals surface area (Å²) < 4.78 is 20.2. The number of rotatable bonds is 3. The van der Waals surface area contributed by atoms with Gasteiger partial charge in [0.25, 0.3) is 11.8 Å². The van der Waals surface area contributed by atoms with Crippen LogP contribution in [-0.4, -0.2) is 52.6 Å². The number of piperidine rings is 2. The first-order chi connectivity index (χ1) is 15.4. The van der Waals surface area contributed by atoms with Crippen molar-refractivity contribution in [2.75, 3.05) is 13.1 Å². The van der Waals surface area contributed by atoms with Gasteiger partial charge in [-0.2, -0.15) is 0 Å². The van der Waals surface area contributed by atoms with E-state index in [0.717, 1.165) is 0 Å². The van der Waals surface area contributed by atoms with Crippen LogP contribution in [0.1, 0.15) is 63.6 Å². The van der Waals surface area contributed by atoms with Crippen LogP contribution in [0.4, 0.5) is 4.39 Å². The van der Waals surface area contributed by atoms with E-state index in [9.17, 15) is 23.6 Å². The van der Waals surface area contributed by atoms with E-state index in [1.165, 1.54) is 17.2 Å². The highest BCUT2D eigenvalue weighted by atomic mass is 19.1. The first-order valence-corrected chi connectivity index (χ1v) is 10.7. The summed E-state index contributed by atoms with van der Waals surface area (Å²) in [5.41, 5.74) is 1.48. The van der Waals surface area contributed by atoms with Crippen molar-refractivity contribution < 1.29 is 28.0 Å². The van der Waals surface area contributed by atoms with Crippen molar-refractivity contribution in [2.45, 2.75) is 44.2 Å². The van der Waals surface area contributed by atoms with Crippen molar-refractivity contribution in [1.29, 1.82) is 0 Å². The second-order valence-corrected chi connectivity index (χ2v) is 8.47. The van der Waals surface area contributed by atoms with Gasteiger partial charge in [-0.25, -0.2) is 4.39 Å². The number of nitrogens with one attached hydrogen (secondary N) is 1. The first-order valence-electron chi connectivity index (χ1n) is 10.7. The van der Waals surface area contributed by atoms with Crippen molar-refractivity contribution in [3.63, 3.8) is 0 Å². The number of fused-ring (bicyclic) bond motifs is 1. The summed E-state index contributed by atoms with van der Waals surface area (Å²) >= 11 is 0. The highest BCUT2D eigenvalue weighted by Gasteiger charge is 2.40. The highest BCUT2D eigenvalue weighted by molar-refractivity contribution is 6.05. The van der Waals surface area contributed by atoms with Gasteiger partial charge in [-0.05, 0) is 54.5 Å². The zero-order valence-electron chi connectivity index (χ0n) is 17.3. The molecule has 0 saturated carbocycles. The molecule has 2 saturated heterocycles. The van der Waals surface area contributed by atoms with Crippen LogP contribution >= 0.6 is 0 Å². The Kier molecular flexibility index (Phi) is 5.03. The number of hydrogen-bond acceptors (Lipinski definition) is 5. The third-order valence-electron chi connectivity index (χ3n) is 6.59. The molecule has 0 aliphatic carbocycles. The van der Waals surface area contributed by atoms with Crippen LogP contribution in [0, 0.1) is 5.82 Å². The molecule has 1 aromatic carbocycles. The van der Waals surface area contributed by atoms with Gasteiger partial charge in [-0.3, -0.25) is 24.5 Å². The zero-order chi connectivity index (χ0) is 22.4. The van der Waals surface area contributed by atoms with Crippen LogP contribution < -0.4 is 5.32 Å². The minimum atomic E-state index is -0.727. The second-order valence-electron chi connectivity index (χ2n) is 8.47. The average molecular weight is 439 g/mol. The van der Waals surface area contributed by atoms with Gasteiger partial charge in [-0.15, -0.1) is 0 Å². The molecule has 0 spiro atoms. The Bertz CT molecular complexity index is 1110. The summed E-state index contributed by atoms with van der Waals surface area (Å²) in [6.45, 7) is 1.19. The molecule has 0 bridgehead atoms. The lowest BCUT2D eigenvalue weighted by Gasteiger charge is -2.32. The summed E-state index contributed by atoms with van der Waals surface area (Å²) in [5, 5.41) is 2.27. The summed E-state index contributed by atoms with van der Waals surface area (Å²) in [7, 11) is 0. The monoisotopic (exact) mass is 439 g/mol. The maximum atomic E-state index is 15.0. The standard InChI is InChI=1S/C23H22FN3O5/c24-17-11-16-14(12-27(22(16)30)18-3-4-20(28)25-21(18)29)10-15(17)13-5-7-26(8-6-13)23(31)19-2-1-9-32-19/h1-2,9-11,13,18H,3-8,12H2,(H,25,28,29). The highest BCUT2D eigenvalue weighted by Crippen LogP contribution is 2.35. The van der Waals surface area contributed by atoms with E-state index in [-0.39, 0.29) is 48.6 Å². The Hall–Kier alpha value is -3.49. The van der Waals surface area contributed by atoms with E-state index in [1.54, 1.807) is 23.1 Å². The Morgan fingerprint density at radius 3 is 2.59 bits per heavy atom. The molecular weight excluding hydrogens is 417 g/mol. The molecule has 5 rings (SSSR count). The molecular formula is C23H22FN3O5. The Balaban J connectivity index is 1.30. The minimum absolute atomic E-state index is 0.0688. The fourth-order valence-corrected chi connectivity index (χ4v) is 4.87. The van der Waals surface area contributed by atoms with E-state index >= 15 is 0 Å². The molecule has 166 valence electrons. The molecule has 0 radical (unpaired) electrons. The summed E-state index contributed by atoms with van der Waals surface area (Å²) in [6.07, 6.45) is 3.10. The first kappa shape index (κ1) is 20.4. The minimum Gasteiger partial charge on any atom is -0.459 e. The van der Waals surface area contributed by atoms with Crippen LogP contribution in [0.25, 0.3) is 0 Å². The smallest absolute Gasteiger partial charge is 0.289 e.